The number of aryl methyl sites for hydroxylation is 1. The van der Waals surface area contributed by atoms with Crippen molar-refractivity contribution in [1.29, 1.82) is 0 Å². The number of H-pyrrole nitrogens is 1. The molecule has 2 aromatic heterocycles. The Hall–Kier alpha value is -3.45. The van der Waals surface area contributed by atoms with Gasteiger partial charge in [0.1, 0.15) is 5.82 Å². The molecule has 7 nitrogen and oxygen atoms in total. The molecule has 32 heavy (non-hydrogen) atoms. The molecule has 0 unspecified atom stereocenters. The van der Waals surface area contributed by atoms with E-state index in [4.69, 9.17) is 0 Å². The molecule has 1 fully saturated rings. The molecule has 1 aromatic carbocycles. The number of carbonyl (C=O) groups excluding carboxylic acids is 2. The van der Waals surface area contributed by atoms with E-state index in [0.29, 0.717) is 12.2 Å². The number of ketones is 1. The number of carbonyl (C=O) groups is 2. The molecule has 2 aliphatic rings. The van der Waals surface area contributed by atoms with Crippen molar-refractivity contribution in [3.05, 3.63) is 59.9 Å². The number of para-hydroxylation sites is 1. The van der Waals surface area contributed by atoms with Crippen LogP contribution < -0.4 is 10.6 Å². The van der Waals surface area contributed by atoms with Gasteiger partial charge in [-0.3, -0.25) is 14.5 Å². The summed E-state index contributed by atoms with van der Waals surface area (Å²) in [5.41, 5.74) is 5.12. The topological polar surface area (TPSA) is 90.1 Å². The number of benzene rings is 1. The van der Waals surface area contributed by atoms with Crippen LogP contribution in [0.4, 0.5) is 17.2 Å². The van der Waals surface area contributed by atoms with Crippen LogP contribution in [0, 0.1) is 0 Å². The molecule has 7 heteroatoms. The maximum atomic E-state index is 12.8. The largest absolute Gasteiger partial charge is 0.356 e. The molecule has 0 radical (unpaired) electrons. The standard InChI is InChI=1S/C25H27N5O2/c1-30-14-6-10-19(30)25(32)29-21-15-16(12-13-26-21)23-24(27-17-7-3-2-4-8-17)22-18(28-23)9-5-11-20(22)31/h2-4,7-8,12-13,15,19,27-28H,5-6,9-11,14H2,1H3,(H,26,29,32)/t19-/m0/s1. The highest BCUT2D eigenvalue weighted by atomic mass is 16.2. The van der Waals surface area contributed by atoms with Gasteiger partial charge >= 0.3 is 0 Å². The molecule has 3 heterocycles. The van der Waals surface area contributed by atoms with Gasteiger partial charge < -0.3 is 15.6 Å². The number of anilines is 3. The van der Waals surface area contributed by atoms with Gasteiger partial charge in [-0.2, -0.15) is 0 Å². The quantitative estimate of drug-likeness (QED) is 0.560. The third kappa shape index (κ3) is 3.91. The maximum absolute atomic E-state index is 12.8. The van der Waals surface area contributed by atoms with Crippen LogP contribution in [0.1, 0.15) is 41.7 Å². The zero-order valence-corrected chi connectivity index (χ0v) is 18.1. The number of nitrogens with zero attached hydrogens (tertiary/aromatic N) is 2. The average Bonchev–Trinajstić information content (AvgIpc) is 3.39. The van der Waals surface area contributed by atoms with Crippen LogP contribution in [0.15, 0.2) is 48.7 Å². The fourth-order valence-electron chi connectivity index (χ4n) is 4.71. The van der Waals surface area contributed by atoms with Gasteiger partial charge in [-0.05, 0) is 63.5 Å². The second kappa shape index (κ2) is 8.59. The molecule has 1 saturated heterocycles. The number of hydrogen-bond donors (Lipinski definition) is 3. The molecule has 1 aliphatic heterocycles. The number of likely N-dealkylation sites (tertiary alicyclic amines) is 1. The summed E-state index contributed by atoms with van der Waals surface area (Å²) in [4.78, 5) is 35.4. The molecule has 164 valence electrons. The first-order valence-corrected chi connectivity index (χ1v) is 11.2. The van der Waals surface area contributed by atoms with Crippen LogP contribution in [-0.2, 0) is 11.2 Å². The van der Waals surface area contributed by atoms with E-state index in [0.717, 1.165) is 66.1 Å². The van der Waals surface area contributed by atoms with Crippen LogP contribution in [0.2, 0.25) is 0 Å². The Morgan fingerprint density at radius 1 is 1.16 bits per heavy atom. The number of likely N-dealkylation sites (N-methyl/N-ethyl adjacent to an activating group) is 1. The first kappa shape index (κ1) is 20.5. The SMILES string of the molecule is CN1CCC[C@H]1C(=O)Nc1cc(-c2[nH]c3c(c2Nc2ccccc2)C(=O)CCC3)ccn1. The Bertz CT molecular complexity index is 1150. The molecular formula is C25H27N5O2. The number of nitrogens with one attached hydrogen (secondary N) is 3. The van der Waals surface area contributed by atoms with Gasteiger partial charge in [0.25, 0.3) is 0 Å². The minimum absolute atomic E-state index is 0.0294. The molecule has 3 N–H and O–H groups in total. The van der Waals surface area contributed by atoms with Crippen LogP contribution in [0.25, 0.3) is 11.3 Å². The number of pyridine rings is 1. The predicted molar refractivity (Wildman–Crippen MR) is 125 cm³/mol. The second-order valence-corrected chi connectivity index (χ2v) is 8.55. The lowest BCUT2D eigenvalue weighted by Crippen LogP contribution is -2.37. The van der Waals surface area contributed by atoms with E-state index < -0.39 is 0 Å². The van der Waals surface area contributed by atoms with Gasteiger partial charge in [-0.15, -0.1) is 0 Å². The zero-order valence-electron chi connectivity index (χ0n) is 18.1. The highest BCUT2D eigenvalue weighted by Crippen LogP contribution is 2.39. The summed E-state index contributed by atoms with van der Waals surface area (Å²) in [5.74, 6) is 0.634. The smallest absolute Gasteiger partial charge is 0.242 e. The Morgan fingerprint density at radius 2 is 2.00 bits per heavy atom. The number of rotatable bonds is 5. The van der Waals surface area contributed by atoms with Gasteiger partial charge in [0.2, 0.25) is 5.91 Å². The third-order valence-corrected chi connectivity index (χ3v) is 6.35. The van der Waals surface area contributed by atoms with Crippen molar-refractivity contribution in [3.63, 3.8) is 0 Å². The van der Waals surface area contributed by atoms with E-state index in [9.17, 15) is 9.59 Å². The van der Waals surface area contributed by atoms with Crippen molar-refractivity contribution in [3.8, 4) is 11.3 Å². The number of aromatic nitrogens is 2. The molecule has 3 aromatic rings. The van der Waals surface area contributed by atoms with Crippen molar-refractivity contribution in [2.24, 2.45) is 0 Å². The fraction of sp³-hybridized carbons (Fsp3) is 0.320. The Morgan fingerprint density at radius 3 is 2.78 bits per heavy atom. The molecule has 1 aliphatic carbocycles. The molecule has 0 spiro atoms. The number of hydrogen-bond acceptors (Lipinski definition) is 5. The van der Waals surface area contributed by atoms with E-state index in [2.05, 4.69) is 25.5 Å². The highest BCUT2D eigenvalue weighted by molar-refractivity contribution is 6.07. The van der Waals surface area contributed by atoms with Gasteiger partial charge in [0, 0.05) is 29.6 Å². The zero-order chi connectivity index (χ0) is 22.1. The Labute approximate surface area is 187 Å². The summed E-state index contributed by atoms with van der Waals surface area (Å²) >= 11 is 0. The lowest BCUT2D eigenvalue weighted by Gasteiger charge is -2.18. The predicted octanol–water partition coefficient (Wildman–Crippen LogP) is 4.37. The average molecular weight is 430 g/mol. The van der Waals surface area contributed by atoms with E-state index in [1.165, 1.54) is 0 Å². The normalized spacial score (nSPS) is 18.4. The van der Waals surface area contributed by atoms with Gasteiger partial charge in [0.05, 0.1) is 23.0 Å². The van der Waals surface area contributed by atoms with Gasteiger partial charge in [-0.25, -0.2) is 4.98 Å². The molecular weight excluding hydrogens is 402 g/mol. The lowest BCUT2D eigenvalue weighted by molar-refractivity contribution is -0.119. The number of aromatic amines is 1. The highest BCUT2D eigenvalue weighted by Gasteiger charge is 2.29. The maximum Gasteiger partial charge on any atom is 0.242 e. The first-order valence-electron chi connectivity index (χ1n) is 11.2. The Balaban J connectivity index is 1.50. The monoisotopic (exact) mass is 429 g/mol. The van der Waals surface area contributed by atoms with Crippen LogP contribution in [0.5, 0.6) is 0 Å². The molecule has 0 bridgehead atoms. The van der Waals surface area contributed by atoms with E-state index >= 15 is 0 Å². The van der Waals surface area contributed by atoms with Crippen LogP contribution >= 0.6 is 0 Å². The second-order valence-electron chi connectivity index (χ2n) is 8.55. The van der Waals surface area contributed by atoms with Gasteiger partial charge in [0.15, 0.2) is 5.78 Å². The van der Waals surface area contributed by atoms with Crippen molar-refractivity contribution in [2.45, 2.75) is 38.1 Å². The molecule has 1 amide bonds. The number of Topliss-reactive ketones (excluding diaryl/α,β-unsaturated/α-hetero) is 1. The summed E-state index contributed by atoms with van der Waals surface area (Å²) in [6.07, 6.45) is 5.82. The first-order chi connectivity index (χ1) is 15.6. The number of fused-ring (bicyclic) bond motifs is 1. The molecule has 1 atom stereocenters. The summed E-state index contributed by atoms with van der Waals surface area (Å²) in [5, 5.41) is 6.43. The fourth-order valence-corrected chi connectivity index (χ4v) is 4.71. The summed E-state index contributed by atoms with van der Waals surface area (Å²) in [6, 6.07) is 13.5. The minimum atomic E-state index is -0.119. The molecule has 0 saturated carbocycles. The van der Waals surface area contributed by atoms with Gasteiger partial charge in [-0.1, -0.05) is 18.2 Å². The van der Waals surface area contributed by atoms with Crippen molar-refractivity contribution in [2.75, 3.05) is 24.2 Å². The van der Waals surface area contributed by atoms with Crippen molar-refractivity contribution >= 4 is 28.9 Å². The van der Waals surface area contributed by atoms with Crippen LogP contribution in [-0.4, -0.2) is 46.2 Å². The van der Waals surface area contributed by atoms with E-state index in [1.54, 1.807) is 6.20 Å². The lowest BCUT2D eigenvalue weighted by atomic mass is 9.95. The molecule has 5 rings (SSSR count). The van der Waals surface area contributed by atoms with Crippen LogP contribution in [0.3, 0.4) is 0 Å². The number of amides is 1. The summed E-state index contributed by atoms with van der Waals surface area (Å²) in [7, 11) is 1.98. The van der Waals surface area contributed by atoms with Crippen molar-refractivity contribution in [1.82, 2.24) is 14.9 Å². The van der Waals surface area contributed by atoms with E-state index in [-0.39, 0.29) is 17.7 Å². The third-order valence-electron chi connectivity index (χ3n) is 6.35. The summed E-state index contributed by atoms with van der Waals surface area (Å²) in [6.45, 7) is 0.933. The van der Waals surface area contributed by atoms with E-state index in [1.807, 2.05) is 49.5 Å². The van der Waals surface area contributed by atoms with Crippen molar-refractivity contribution < 1.29 is 9.59 Å². The summed E-state index contributed by atoms with van der Waals surface area (Å²) < 4.78 is 0. The Kier molecular flexibility index (Phi) is 5.49. The minimum Gasteiger partial charge on any atom is -0.356 e.